The number of para-hydroxylation sites is 1. The monoisotopic (exact) mass is 232 g/mol. The standard InChI is InChI=1S/C14H20N2O/c1-14(2)8-11(14)13(17)16(3)9-10-6-4-5-7-12(10)15/h4-7,11H,8-9,15H2,1-3H3. The molecule has 2 N–H and O–H groups in total. The Morgan fingerprint density at radius 3 is 2.59 bits per heavy atom. The van der Waals surface area contributed by atoms with E-state index in [1.165, 1.54) is 0 Å². The molecule has 1 aliphatic rings. The Hall–Kier alpha value is -1.51. The van der Waals surface area contributed by atoms with Crippen molar-refractivity contribution in [3.63, 3.8) is 0 Å². The van der Waals surface area contributed by atoms with Crippen LogP contribution in [0.4, 0.5) is 5.69 Å². The quantitative estimate of drug-likeness (QED) is 0.813. The summed E-state index contributed by atoms with van der Waals surface area (Å²) in [5, 5.41) is 0. The number of anilines is 1. The molecule has 1 unspecified atom stereocenters. The van der Waals surface area contributed by atoms with Crippen LogP contribution in [-0.4, -0.2) is 17.9 Å². The molecule has 1 amide bonds. The molecule has 0 radical (unpaired) electrons. The maximum absolute atomic E-state index is 12.1. The normalized spacial score (nSPS) is 21.0. The van der Waals surface area contributed by atoms with Crippen LogP contribution in [0.1, 0.15) is 25.8 Å². The number of rotatable bonds is 3. The number of hydrogen-bond donors (Lipinski definition) is 1. The lowest BCUT2D eigenvalue weighted by atomic mass is 10.1. The molecular formula is C14H20N2O. The van der Waals surface area contributed by atoms with Gasteiger partial charge in [-0.1, -0.05) is 32.0 Å². The molecule has 17 heavy (non-hydrogen) atoms. The van der Waals surface area contributed by atoms with Gasteiger partial charge in [0.1, 0.15) is 0 Å². The first-order valence-corrected chi connectivity index (χ1v) is 6.00. The zero-order valence-electron chi connectivity index (χ0n) is 10.7. The van der Waals surface area contributed by atoms with Crippen LogP contribution in [0.15, 0.2) is 24.3 Å². The van der Waals surface area contributed by atoms with Crippen LogP contribution in [0.5, 0.6) is 0 Å². The van der Waals surface area contributed by atoms with Crippen LogP contribution in [0.3, 0.4) is 0 Å². The first-order chi connectivity index (χ1) is 7.92. The van der Waals surface area contributed by atoms with E-state index in [9.17, 15) is 4.79 Å². The zero-order valence-corrected chi connectivity index (χ0v) is 10.7. The predicted molar refractivity (Wildman–Crippen MR) is 69.2 cm³/mol. The third-order valence-corrected chi connectivity index (χ3v) is 3.65. The number of nitrogens with zero attached hydrogens (tertiary/aromatic N) is 1. The van der Waals surface area contributed by atoms with Gasteiger partial charge in [0.2, 0.25) is 5.91 Å². The second-order valence-corrected chi connectivity index (χ2v) is 5.64. The fourth-order valence-corrected chi connectivity index (χ4v) is 2.17. The minimum atomic E-state index is 0.188. The van der Waals surface area contributed by atoms with Gasteiger partial charge in [-0.2, -0.15) is 0 Å². The Bertz CT molecular complexity index is 440. The molecule has 2 rings (SSSR count). The summed E-state index contributed by atoms with van der Waals surface area (Å²) >= 11 is 0. The molecule has 1 aromatic carbocycles. The van der Waals surface area contributed by atoms with Gasteiger partial charge in [-0.15, -0.1) is 0 Å². The number of benzene rings is 1. The fourth-order valence-electron chi connectivity index (χ4n) is 2.17. The van der Waals surface area contributed by atoms with E-state index in [1.54, 1.807) is 4.90 Å². The van der Waals surface area contributed by atoms with Crippen molar-refractivity contribution in [1.29, 1.82) is 0 Å². The van der Waals surface area contributed by atoms with E-state index >= 15 is 0 Å². The van der Waals surface area contributed by atoms with Crippen molar-refractivity contribution in [1.82, 2.24) is 4.90 Å². The van der Waals surface area contributed by atoms with Crippen molar-refractivity contribution in [3.05, 3.63) is 29.8 Å². The summed E-state index contributed by atoms with van der Waals surface area (Å²) in [5.41, 5.74) is 7.83. The van der Waals surface area contributed by atoms with Crippen LogP contribution in [0.25, 0.3) is 0 Å². The van der Waals surface area contributed by atoms with E-state index in [2.05, 4.69) is 13.8 Å². The van der Waals surface area contributed by atoms with Crippen LogP contribution < -0.4 is 5.73 Å². The fraction of sp³-hybridized carbons (Fsp3) is 0.500. The summed E-state index contributed by atoms with van der Waals surface area (Å²) in [6, 6.07) is 7.70. The van der Waals surface area contributed by atoms with E-state index in [0.717, 1.165) is 17.7 Å². The summed E-state index contributed by atoms with van der Waals surface area (Å²) in [4.78, 5) is 13.9. The molecule has 1 aliphatic carbocycles. The molecule has 1 aromatic rings. The Kier molecular flexibility index (Phi) is 2.86. The van der Waals surface area contributed by atoms with Crippen molar-refractivity contribution >= 4 is 11.6 Å². The molecule has 0 heterocycles. The summed E-state index contributed by atoms with van der Waals surface area (Å²) < 4.78 is 0. The summed E-state index contributed by atoms with van der Waals surface area (Å²) in [7, 11) is 1.85. The van der Waals surface area contributed by atoms with Crippen molar-refractivity contribution in [2.24, 2.45) is 11.3 Å². The smallest absolute Gasteiger partial charge is 0.226 e. The lowest BCUT2D eigenvalue weighted by Crippen LogP contribution is -2.29. The number of amides is 1. The SMILES string of the molecule is CN(Cc1ccccc1N)C(=O)C1CC1(C)C. The lowest BCUT2D eigenvalue weighted by molar-refractivity contribution is -0.132. The van der Waals surface area contributed by atoms with Crippen LogP contribution in [0.2, 0.25) is 0 Å². The highest BCUT2D eigenvalue weighted by atomic mass is 16.2. The third kappa shape index (κ3) is 2.43. The van der Waals surface area contributed by atoms with Crippen LogP contribution in [0, 0.1) is 11.3 Å². The number of carbonyl (C=O) groups is 1. The number of nitrogens with two attached hydrogens (primary N) is 1. The van der Waals surface area contributed by atoms with Crippen LogP contribution >= 0.6 is 0 Å². The van der Waals surface area contributed by atoms with Gasteiger partial charge >= 0.3 is 0 Å². The van der Waals surface area contributed by atoms with Gasteiger partial charge in [0.25, 0.3) is 0 Å². The minimum absolute atomic E-state index is 0.188. The van der Waals surface area contributed by atoms with Gasteiger partial charge in [-0.3, -0.25) is 4.79 Å². The Morgan fingerprint density at radius 2 is 2.06 bits per heavy atom. The Labute approximate surface area is 103 Å². The number of carbonyl (C=O) groups excluding carboxylic acids is 1. The topological polar surface area (TPSA) is 46.3 Å². The van der Waals surface area contributed by atoms with Gasteiger partial charge in [0.15, 0.2) is 0 Å². The van der Waals surface area contributed by atoms with Crippen molar-refractivity contribution in [2.75, 3.05) is 12.8 Å². The van der Waals surface area contributed by atoms with Gasteiger partial charge in [-0.25, -0.2) is 0 Å². The lowest BCUT2D eigenvalue weighted by Gasteiger charge is -2.19. The molecule has 1 fully saturated rings. The predicted octanol–water partition coefficient (Wildman–Crippen LogP) is 2.27. The molecule has 0 bridgehead atoms. The van der Waals surface area contributed by atoms with Crippen molar-refractivity contribution < 1.29 is 4.79 Å². The van der Waals surface area contributed by atoms with E-state index in [0.29, 0.717) is 6.54 Å². The summed E-state index contributed by atoms with van der Waals surface area (Å²) in [6.45, 7) is 4.87. The maximum Gasteiger partial charge on any atom is 0.226 e. The van der Waals surface area contributed by atoms with E-state index < -0.39 is 0 Å². The van der Waals surface area contributed by atoms with Crippen molar-refractivity contribution in [3.8, 4) is 0 Å². The van der Waals surface area contributed by atoms with E-state index in [-0.39, 0.29) is 17.2 Å². The Morgan fingerprint density at radius 1 is 1.47 bits per heavy atom. The average Bonchev–Trinajstić information content (AvgIpc) is 2.90. The largest absolute Gasteiger partial charge is 0.398 e. The van der Waals surface area contributed by atoms with Gasteiger partial charge in [-0.05, 0) is 23.5 Å². The molecule has 1 atom stereocenters. The highest BCUT2D eigenvalue weighted by Crippen LogP contribution is 2.52. The zero-order chi connectivity index (χ0) is 12.6. The molecule has 0 aliphatic heterocycles. The van der Waals surface area contributed by atoms with Gasteiger partial charge in [0, 0.05) is 25.2 Å². The summed E-state index contributed by atoms with van der Waals surface area (Å²) in [6.07, 6.45) is 1.00. The minimum Gasteiger partial charge on any atom is -0.398 e. The molecule has 0 aromatic heterocycles. The van der Waals surface area contributed by atoms with Gasteiger partial charge < -0.3 is 10.6 Å². The highest BCUT2D eigenvalue weighted by molar-refractivity contribution is 5.82. The van der Waals surface area contributed by atoms with E-state index in [4.69, 9.17) is 5.73 Å². The molecule has 3 nitrogen and oxygen atoms in total. The maximum atomic E-state index is 12.1. The highest BCUT2D eigenvalue weighted by Gasteiger charge is 2.51. The van der Waals surface area contributed by atoms with E-state index in [1.807, 2.05) is 31.3 Å². The Balaban J connectivity index is 2.01. The van der Waals surface area contributed by atoms with Crippen molar-refractivity contribution in [2.45, 2.75) is 26.8 Å². The number of hydrogen-bond acceptors (Lipinski definition) is 2. The van der Waals surface area contributed by atoms with Crippen LogP contribution in [-0.2, 0) is 11.3 Å². The molecule has 92 valence electrons. The average molecular weight is 232 g/mol. The second-order valence-electron chi connectivity index (χ2n) is 5.64. The molecule has 1 saturated carbocycles. The number of nitrogen functional groups attached to an aromatic ring is 1. The van der Waals surface area contributed by atoms with Gasteiger partial charge in [0.05, 0.1) is 0 Å². The third-order valence-electron chi connectivity index (χ3n) is 3.65. The molecular weight excluding hydrogens is 212 g/mol. The molecule has 0 spiro atoms. The first-order valence-electron chi connectivity index (χ1n) is 6.00. The first kappa shape index (κ1) is 12.0. The molecule has 0 saturated heterocycles. The summed E-state index contributed by atoms with van der Waals surface area (Å²) in [5.74, 6) is 0.427. The molecule has 3 heteroatoms. The second kappa shape index (κ2) is 4.06.